The molecule has 294 valence electrons. The zero-order valence-electron chi connectivity index (χ0n) is 56.0. The average molecular weight is 846 g/mol. The van der Waals surface area contributed by atoms with Crippen molar-refractivity contribution in [1.82, 2.24) is 24.1 Å². The minimum Gasteiger partial charge on any atom is -0.278 e. The van der Waals surface area contributed by atoms with E-state index in [2.05, 4.69) is 0 Å². The molecule has 5 nitrogen and oxygen atoms in total. The molecule has 0 atom stereocenters. The number of hydrogen-bond acceptors (Lipinski definition) is 4. The van der Waals surface area contributed by atoms with Crippen LogP contribution in [-0.2, 0) is 0 Å². The van der Waals surface area contributed by atoms with E-state index in [9.17, 15) is 11.0 Å². The van der Waals surface area contributed by atoms with Gasteiger partial charge in [0.25, 0.3) is 0 Å². The summed E-state index contributed by atoms with van der Waals surface area (Å²) in [5.74, 6) is -1.66. The van der Waals surface area contributed by atoms with Crippen LogP contribution in [0.3, 0.4) is 0 Å². The van der Waals surface area contributed by atoms with Crippen molar-refractivity contribution < 1.29 is 32.9 Å². The Balaban J connectivity index is 1.22. The lowest BCUT2D eigenvalue weighted by atomic mass is 10.0. The van der Waals surface area contributed by atoms with E-state index in [1.54, 1.807) is 35.6 Å². The molecule has 0 aliphatic heterocycles. The molecular formula is C57H35N5S. The molecule has 0 aliphatic carbocycles. The molecule has 0 aliphatic rings. The Morgan fingerprint density at radius 1 is 0.349 bits per heavy atom. The fourth-order valence-electron chi connectivity index (χ4n) is 7.82. The molecule has 9 aromatic carbocycles. The van der Waals surface area contributed by atoms with Crippen LogP contribution >= 0.6 is 11.3 Å². The van der Waals surface area contributed by atoms with E-state index in [-0.39, 0.29) is 22.2 Å². The van der Waals surface area contributed by atoms with Gasteiger partial charge in [-0.3, -0.25) is 9.13 Å². The van der Waals surface area contributed by atoms with Crippen LogP contribution in [0, 0.1) is 0 Å². The van der Waals surface area contributed by atoms with E-state index in [4.69, 9.17) is 36.9 Å². The largest absolute Gasteiger partial charge is 0.278 e. The molecule has 0 saturated carbocycles. The van der Waals surface area contributed by atoms with E-state index in [0.29, 0.717) is 5.56 Å². The Labute approximate surface area is 400 Å². The molecule has 0 fully saturated rings. The highest BCUT2D eigenvalue weighted by atomic mass is 32.1. The lowest BCUT2D eigenvalue weighted by molar-refractivity contribution is 0.893. The molecule has 0 spiro atoms. The molecule has 6 heteroatoms. The fraction of sp³-hybridized carbons (Fsp3) is 0. The highest BCUT2D eigenvalue weighted by Gasteiger charge is 2.22. The highest BCUT2D eigenvalue weighted by Crippen LogP contribution is 2.39. The van der Waals surface area contributed by atoms with Crippen LogP contribution < -0.4 is 0 Å². The Morgan fingerprint density at radius 3 is 1.46 bits per heavy atom. The summed E-state index contributed by atoms with van der Waals surface area (Å²) in [5.41, 5.74) is -3.27. The molecule has 13 aromatic rings. The van der Waals surface area contributed by atoms with Gasteiger partial charge in [0.2, 0.25) is 11.9 Å². The van der Waals surface area contributed by atoms with Crippen molar-refractivity contribution >= 4 is 75.1 Å². The SMILES string of the molecule is [2H]c1c([2H])c([2H])c(-c2c([2H])c([2H])c3c4c([2H])c([2H])c(-c5c([2H])c([2H])c([2H])c([2H])c5[2H])c([2H])c4n(-c4nc(-c5ccc(-c6ccc7c(c6)sc6ccccc67)cc5)nc(-n5c6c([2H])c([2H])c([2H])c([2H])c6c6c([2H])c([2H])c([2H])c([2H])c65)n4)c3c2[2H])c([2H])c1[2H]. The maximum atomic E-state index is 10.1. The van der Waals surface area contributed by atoms with E-state index in [1.165, 1.54) is 0 Å². The summed E-state index contributed by atoms with van der Waals surface area (Å²) in [7, 11) is 0. The fourth-order valence-corrected chi connectivity index (χ4v) is 8.97. The van der Waals surface area contributed by atoms with Gasteiger partial charge in [-0.25, -0.2) is 0 Å². The third-order valence-electron chi connectivity index (χ3n) is 10.7. The maximum Gasteiger partial charge on any atom is 0.240 e. The number of rotatable bonds is 6. The van der Waals surface area contributed by atoms with Gasteiger partial charge in [-0.2, -0.15) is 15.0 Å². The third-order valence-corrected chi connectivity index (χ3v) is 11.8. The van der Waals surface area contributed by atoms with E-state index >= 15 is 0 Å². The first kappa shape index (κ1) is 19.2. The molecule has 63 heavy (non-hydrogen) atoms. The average Bonchev–Trinajstić information content (AvgIpc) is 1.62. The summed E-state index contributed by atoms with van der Waals surface area (Å²) in [6.07, 6.45) is 0. The Hall–Kier alpha value is -8.19. The minimum atomic E-state index is -0.908. The number of fused-ring (bicyclic) bond motifs is 9. The van der Waals surface area contributed by atoms with Gasteiger partial charge in [0.05, 0.1) is 55.0 Å². The second-order valence-electron chi connectivity index (χ2n) is 14.2. The van der Waals surface area contributed by atoms with Gasteiger partial charge >= 0.3 is 0 Å². The summed E-state index contributed by atoms with van der Waals surface area (Å²) in [5, 5.41) is 0.327. The topological polar surface area (TPSA) is 48.5 Å². The molecule has 4 aromatic heterocycles. The summed E-state index contributed by atoms with van der Waals surface area (Å²) in [6, 6.07) is 0.604. The molecule has 4 heterocycles. The first-order chi connectivity index (χ1) is 41.2. The highest BCUT2D eigenvalue weighted by molar-refractivity contribution is 7.25. The van der Waals surface area contributed by atoms with Crippen LogP contribution in [0.15, 0.2) is 212 Å². The second-order valence-corrected chi connectivity index (χ2v) is 15.3. The van der Waals surface area contributed by atoms with Gasteiger partial charge in [0.1, 0.15) is 0 Å². The Morgan fingerprint density at radius 2 is 0.841 bits per heavy atom. The smallest absolute Gasteiger partial charge is 0.240 e. The molecule has 0 radical (unpaired) electrons. The van der Waals surface area contributed by atoms with Crippen LogP contribution in [0.5, 0.6) is 0 Å². The Kier molecular flexibility index (Phi) is 4.34. The van der Waals surface area contributed by atoms with Crippen molar-refractivity contribution in [3.8, 4) is 56.7 Å². The van der Waals surface area contributed by atoms with Crippen LogP contribution in [-0.4, -0.2) is 24.1 Å². The van der Waals surface area contributed by atoms with E-state index in [0.717, 1.165) is 34.9 Å². The Bertz CT molecular complexity index is 5070. The van der Waals surface area contributed by atoms with Crippen LogP contribution in [0.4, 0.5) is 0 Å². The van der Waals surface area contributed by atoms with Crippen molar-refractivity contribution in [2.45, 2.75) is 0 Å². The van der Waals surface area contributed by atoms with Crippen molar-refractivity contribution in [3.05, 3.63) is 212 Å². The van der Waals surface area contributed by atoms with Crippen molar-refractivity contribution in [2.24, 2.45) is 0 Å². The van der Waals surface area contributed by atoms with Crippen molar-refractivity contribution in [1.29, 1.82) is 0 Å². The molecular weight excluding hydrogens is 787 g/mol. The van der Waals surface area contributed by atoms with Crippen LogP contribution in [0.2, 0.25) is 0 Å². The molecule has 13 rings (SSSR count). The van der Waals surface area contributed by atoms with Crippen molar-refractivity contribution in [3.63, 3.8) is 0 Å². The predicted octanol–water partition coefficient (Wildman–Crippen LogP) is 15.1. The van der Waals surface area contributed by atoms with E-state index in [1.807, 2.05) is 42.5 Å². The second kappa shape index (κ2) is 14.2. The molecule has 0 amide bonds. The first-order valence-corrected chi connectivity index (χ1v) is 20.0. The number of para-hydroxylation sites is 2. The summed E-state index contributed by atoms with van der Waals surface area (Å²) in [4.78, 5) is 14.6. The molecule has 0 N–H and O–H groups in total. The number of hydrogen-bond donors (Lipinski definition) is 0. The van der Waals surface area contributed by atoms with Gasteiger partial charge in [-0.1, -0.05) is 175 Å². The monoisotopic (exact) mass is 845 g/mol. The number of aromatic nitrogens is 5. The molecule has 0 saturated heterocycles. The van der Waals surface area contributed by atoms with Gasteiger partial charge in [0, 0.05) is 47.3 Å². The van der Waals surface area contributed by atoms with Crippen LogP contribution in [0.25, 0.3) is 120 Å². The molecule has 0 unspecified atom stereocenters. The molecule has 0 bridgehead atoms. The zero-order valence-corrected chi connectivity index (χ0v) is 32.8. The minimum absolute atomic E-state index is 0.179. The van der Waals surface area contributed by atoms with Gasteiger partial charge in [0.15, 0.2) is 5.82 Å². The maximum absolute atomic E-state index is 10.1. The normalized spacial score (nSPS) is 17.1. The lowest BCUT2D eigenvalue weighted by Crippen LogP contribution is -2.10. The van der Waals surface area contributed by atoms with Gasteiger partial charge < -0.3 is 0 Å². The van der Waals surface area contributed by atoms with E-state index < -0.39 is 212 Å². The summed E-state index contributed by atoms with van der Waals surface area (Å²) in [6.45, 7) is 0. The number of thiophene rings is 1. The number of nitrogens with zero attached hydrogens (tertiary/aromatic N) is 5. The lowest BCUT2D eigenvalue weighted by Gasteiger charge is -2.13. The van der Waals surface area contributed by atoms with Crippen LogP contribution in [0.1, 0.15) is 32.9 Å². The van der Waals surface area contributed by atoms with Crippen molar-refractivity contribution in [2.75, 3.05) is 0 Å². The van der Waals surface area contributed by atoms with Gasteiger partial charge in [-0.05, 0) is 69.7 Å². The summed E-state index contributed by atoms with van der Waals surface area (Å²) < 4.78 is 221. The predicted molar refractivity (Wildman–Crippen MR) is 263 cm³/mol. The zero-order chi connectivity index (χ0) is 62.3. The quantitative estimate of drug-likeness (QED) is 0.167. The standard InChI is InChI=1S/C57H35N5S/c1-3-13-36(14-4-1)40-27-30-45-46-31-28-41(37-15-5-2-6-16-37)34-52(46)62(51(45)33-40)57-59-55(58-56(60-57)61-49-20-10-7-17-43(49)44-18-8-11-21-50(44)61)39-25-23-38(24-26-39)42-29-32-48-47-19-9-12-22-53(47)63-54(48)35-42/h1-35H/i1D,2D,3D,4D,5D,6D,7D,8D,10D,11D,13D,14D,15D,16D,17D,18D,20D,21D,27D,28D,30D,31D,33D,34D. The summed E-state index contributed by atoms with van der Waals surface area (Å²) >= 11 is 1.61. The third kappa shape index (κ3) is 5.80. The first-order valence-electron chi connectivity index (χ1n) is 31.2. The number of benzene rings is 9. The van der Waals surface area contributed by atoms with Gasteiger partial charge in [-0.15, -0.1) is 11.3 Å².